The number of pyridine rings is 1. The summed E-state index contributed by atoms with van der Waals surface area (Å²) >= 11 is 1.57. The number of hydrogen-bond donors (Lipinski definition) is 0. The van der Waals surface area contributed by atoms with Gasteiger partial charge < -0.3 is 0 Å². The summed E-state index contributed by atoms with van der Waals surface area (Å²) in [5.41, 5.74) is 1.23. The van der Waals surface area contributed by atoms with Crippen LogP contribution in [0.3, 0.4) is 0 Å². The summed E-state index contributed by atoms with van der Waals surface area (Å²) in [6, 6.07) is 4.11. The molecule has 0 amide bonds. The Balaban J connectivity index is 3.03. The summed E-state index contributed by atoms with van der Waals surface area (Å²) in [5, 5.41) is 0. The number of aromatic nitrogens is 1. The van der Waals surface area contributed by atoms with Crippen LogP contribution in [-0.4, -0.2) is 21.8 Å². The standard InChI is InChI=1S/C6H8AsN/c1-5-2-3-6(7)8-4-5/h2-4H,7H2,1H3. The molecule has 0 aromatic carbocycles. The van der Waals surface area contributed by atoms with Gasteiger partial charge in [0.1, 0.15) is 0 Å². The van der Waals surface area contributed by atoms with Gasteiger partial charge in [0, 0.05) is 0 Å². The van der Waals surface area contributed by atoms with Gasteiger partial charge in [-0.15, -0.1) is 0 Å². The van der Waals surface area contributed by atoms with E-state index in [-0.39, 0.29) is 0 Å². The van der Waals surface area contributed by atoms with Crippen LogP contribution in [-0.2, 0) is 0 Å². The number of rotatable bonds is 0. The van der Waals surface area contributed by atoms with Gasteiger partial charge in [-0.1, -0.05) is 0 Å². The third kappa shape index (κ3) is 1.34. The molecule has 0 N–H and O–H groups in total. The van der Waals surface area contributed by atoms with Crippen molar-refractivity contribution in [3.8, 4) is 0 Å². The second-order valence-electron chi connectivity index (χ2n) is 1.76. The number of nitrogens with zero attached hydrogens (tertiary/aromatic N) is 1. The summed E-state index contributed by atoms with van der Waals surface area (Å²) in [6.07, 6.45) is 1.89. The van der Waals surface area contributed by atoms with Crippen molar-refractivity contribution in [1.82, 2.24) is 4.98 Å². The van der Waals surface area contributed by atoms with Crippen LogP contribution in [0.4, 0.5) is 0 Å². The van der Waals surface area contributed by atoms with Crippen LogP contribution in [0.5, 0.6) is 0 Å². The molecular weight excluding hydrogens is 161 g/mol. The predicted molar refractivity (Wildman–Crippen MR) is 37.2 cm³/mol. The Morgan fingerprint density at radius 2 is 2.25 bits per heavy atom. The molecule has 42 valence electrons. The number of aryl methyl sites for hydroxylation is 1. The average molecular weight is 169 g/mol. The molecule has 8 heavy (non-hydrogen) atoms. The molecule has 0 aliphatic carbocycles. The van der Waals surface area contributed by atoms with E-state index >= 15 is 0 Å². The molecule has 0 spiro atoms. The van der Waals surface area contributed by atoms with E-state index in [4.69, 9.17) is 0 Å². The summed E-state index contributed by atoms with van der Waals surface area (Å²) in [7, 11) is 0. The molecule has 1 aromatic heterocycles. The van der Waals surface area contributed by atoms with Crippen molar-refractivity contribution in [3.05, 3.63) is 23.9 Å². The second-order valence-corrected chi connectivity index (χ2v) is 3.00. The van der Waals surface area contributed by atoms with Crippen LogP contribution in [0.15, 0.2) is 18.3 Å². The van der Waals surface area contributed by atoms with Crippen molar-refractivity contribution in [2.75, 3.05) is 0 Å². The molecule has 1 nitrogen and oxygen atoms in total. The predicted octanol–water partition coefficient (Wildman–Crippen LogP) is -0.352. The quantitative estimate of drug-likeness (QED) is 0.483. The van der Waals surface area contributed by atoms with E-state index in [1.54, 1.807) is 16.9 Å². The first-order valence-electron chi connectivity index (χ1n) is 2.47. The van der Waals surface area contributed by atoms with E-state index in [1.165, 1.54) is 5.56 Å². The summed E-state index contributed by atoms with van der Waals surface area (Å²) in [5.74, 6) is 0. The molecule has 0 saturated carbocycles. The number of hydrogen-bond acceptors (Lipinski definition) is 1. The Bertz CT molecular complexity index is 147. The topological polar surface area (TPSA) is 12.9 Å². The average Bonchev–Trinajstić information content (AvgIpc) is 1.77. The molecule has 0 radical (unpaired) electrons. The first-order chi connectivity index (χ1) is 3.79. The molecular formula is C6H8AsN. The Hall–Kier alpha value is -0.292. The summed E-state index contributed by atoms with van der Waals surface area (Å²) in [4.78, 5) is 4.11. The minimum absolute atomic E-state index is 1.14. The van der Waals surface area contributed by atoms with Crippen LogP contribution in [0.1, 0.15) is 5.56 Å². The van der Waals surface area contributed by atoms with E-state index in [0.29, 0.717) is 0 Å². The molecule has 1 unspecified atom stereocenters. The maximum atomic E-state index is 4.11. The molecule has 0 saturated heterocycles. The van der Waals surface area contributed by atoms with Crippen molar-refractivity contribution in [2.24, 2.45) is 0 Å². The fourth-order valence-electron chi connectivity index (χ4n) is 0.479. The van der Waals surface area contributed by atoms with E-state index < -0.39 is 0 Å². The molecule has 0 aliphatic heterocycles. The van der Waals surface area contributed by atoms with Crippen LogP contribution in [0, 0.1) is 6.92 Å². The van der Waals surface area contributed by atoms with Gasteiger partial charge in [-0.25, -0.2) is 0 Å². The molecule has 1 atom stereocenters. The first kappa shape index (κ1) is 5.84. The second kappa shape index (κ2) is 2.32. The Labute approximate surface area is 57.6 Å². The fourth-order valence-corrected chi connectivity index (χ4v) is 0.838. The van der Waals surface area contributed by atoms with Gasteiger partial charge in [0.05, 0.1) is 0 Å². The van der Waals surface area contributed by atoms with Gasteiger partial charge in [-0.2, -0.15) is 0 Å². The Morgan fingerprint density at radius 3 is 2.62 bits per heavy atom. The van der Waals surface area contributed by atoms with Gasteiger partial charge in [0.15, 0.2) is 0 Å². The van der Waals surface area contributed by atoms with Gasteiger partial charge in [-0.05, 0) is 0 Å². The third-order valence-electron chi connectivity index (χ3n) is 0.934. The van der Waals surface area contributed by atoms with Crippen LogP contribution in [0.2, 0.25) is 0 Å². The van der Waals surface area contributed by atoms with Gasteiger partial charge in [-0.3, -0.25) is 0 Å². The van der Waals surface area contributed by atoms with Crippen molar-refractivity contribution >= 4 is 21.3 Å². The van der Waals surface area contributed by atoms with Crippen molar-refractivity contribution in [1.29, 1.82) is 0 Å². The monoisotopic (exact) mass is 169 g/mol. The Morgan fingerprint density at radius 1 is 1.50 bits per heavy atom. The van der Waals surface area contributed by atoms with E-state index in [2.05, 4.69) is 11.1 Å². The fraction of sp³-hybridized carbons (Fsp3) is 0.167. The van der Waals surface area contributed by atoms with Crippen LogP contribution >= 0.6 is 0 Å². The van der Waals surface area contributed by atoms with Gasteiger partial charge in [0.25, 0.3) is 0 Å². The zero-order chi connectivity index (χ0) is 5.98. The zero-order valence-corrected chi connectivity index (χ0v) is 7.18. The molecule has 0 bridgehead atoms. The maximum absolute atomic E-state index is 4.11. The molecule has 1 aromatic rings. The summed E-state index contributed by atoms with van der Waals surface area (Å²) < 4.78 is 1.14. The van der Waals surface area contributed by atoms with Gasteiger partial charge >= 0.3 is 57.1 Å². The Kier molecular flexibility index (Phi) is 1.69. The van der Waals surface area contributed by atoms with Crippen molar-refractivity contribution < 1.29 is 0 Å². The molecule has 2 heteroatoms. The van der Waals surface area contributed by atoms with E-state index in [0.717, 1.165) is 4.48 Å². The van der Waals surface area contributed by atoms with Crippen LogP contribution in [0.25, 0.3) is 0 Å². The SMILES string of the molecule is Cc1ccc([AsH2])nc1. The first-order valence-corrected chi connectivity index (χ1v) is 3.68. The van der Waals surface area contributed by atoms with Crippen molar-refractivity contribution in [2.45, 2.75) is 6.92 Å². The summed E-state index contributed by atoms with van der Waals surface area (Å²) in [6.45, 7) is 2.04. The van der Waals surface area contributed by atoms with E-state index in [9.17, 15) is 0 Å². The molecule has 0 fully saturated rings. The third-order valence-corrected chi connectivity index (χ3v) is 1.65. The molecule has 1 rings (SSSR count). The molecule has 1 heterocycles. The van der Waals surface area contributed by atoms with Crippen molar-refractivity contribution in [3.63, 3.8) is 0 Å². The minimum atomic E-state index is 1.14. The normalized spacial score (nSPS) is 9.25. The van der Waals surface area contributed by atoms with E-state index in [1.807, 2.05) is 19.2 Å². The van der Waals surface area contributed by atoms with Gasteiger partial charge in [0.2, 0.25) is 0 Å². The molecule has 0 aliphatic rings. The van der Waals surface area contributed by atoms with Crippen LogP contribution < -0.4 is 4.48 Å². The zero-order valence-electron chi connectivity index (χ0n) is 4.76.